The molecule has 34 heavy (non-hydrogen) atoms. The Kier molecular flexibility index (Phi) is 6.07. The fourth-order valence-electron chi connectivity index (χ4n) is 4.04. The average Bonchev–Trinajstić information content (AvgIpc) is 3.02. The summed E-state index contributed by atoms with van der Waals surface area (Å²) < 4.78 is 0. The van der Waals surface area contributed by atoms with Gasteiger partial charge in [-0.3, -0.25) is 14.4 Å². The molecular weight excluding hydrogens is 426 g/mol. The number of nitrogens with one attached hydrogen (secondary N) is 2. The molecule has 1 heterocycles. The second kappa shape index (κ2) is 8.98. The summed E-state index contributed by atoms with van der Waals surface area (Å²) in [5.41, 5.74) is 6.94. The zero-order valence-corrected chi connectivity index (χ0v) is 19.9. The number of benzene rings is 3. The summed E-state index contributed by atoms with van der Waals surface area (Å²) in [6.07, 6.45) is 0. The van der Waals surface area contributed by atoms with Crippen molar-refractivity contribution in [1.29, 1.82) is 0 Å². The van der Waals surface area contributed by atoms with Gasteiger partial charge in [0.25, 0.3) is 11.8 Å². The van der Waals surface area contributed by atoms with Gasteiger partial charge in [-0.1, -0.05) is 36.4 Å². The van der Waals surface area contributed by atoms with Gasteiger partial charge in [0.05, 0.1) is 11.3 Å². The molecule has 172 valence electrons. The average molecular weight is 454 g/mol. The third kappa shape index (κ3) is 4.22. The van der Waals surface area contributed by atoms with Crippen LogP contribution in [0.2, 0.25) is 0 Å². The van der Waals surface area contributed by atoms with Gasteiger partial charge in [0.1, 0.15) is 5.70 Å². The molecular formula is C28H27N3O3. The van der Waals surface area contributed by atoms with Crippen LogP contribution in [0.4, 0.5) is 17.1 Å². The molecule has 2 N–H and O–H groups in total. The first-order chi connectivity index (χ1) is 16.2. The highest BCUT2D eigenvalue weighted by molar-refractivity contribution is 6.46. The van der Waals surface area contributed by atoms with Gasteiger partial charge in [-0.15, -0.1) is 0 Å². The van der Waals surface area contributed by atoms with Crippen LogP contribution >= 0.6 is 0 Å². The minimum Gasteiger partial charge on any atom is -0.350 e. The van der Waals surface area contributed by atoms with E-state index in [1.54, 1.807) is 30.3 Å². The lowest BCUT2D eigenvalue weighted by molar-refractivity contribution is -0.120. The van der Waals surface area contributed by atoms with E-state index in [1.807, 2.05) is 58.0 Å². The van der Waals surface area contributed by atoms with Crippen LogP contribution in [0.1, 0.15) is 34.7 Å². The summed E-state index contributed by atoms with van der Waals surface area (Å²) in [6.45, 7) is 9.22. The van der Waals surface area contributed by atoms with Gasteiger partial charge < -0.3 is 10.6 Å². The molecule has 0 spiro atoms. The standard InChI is InChI=1S/C28H27N3O3/c1-16-9-10-18(3)23(15-16)30-26-25(21-11-13-22(14-12-21)29-20(5)32)27(33)31(28(26)34)24-8-6-7-17(2)19(24)4/h6-15,30H,1-5H3,(H,29,32). The Balaban J connectivity index is 1.84. The topological polar surface area (TPSA) is 78.5 Å². The Bertz CT molecular complexity index is 1350. The number of anilines is 3. The van der Waals surface area contributed by atoms with Gasteiger partial charge >= 0.3 is 0 Å². The Hall–Kier alpha value is -4.19. The zero-order valence-electron chi connectivity index (χ0n) is 19.9. The Morgan fingerprint density at radius 3 is 2.21 bits per heavy atom. The maximum absolute atomic E-state index is 13.7. The van der Waals surface area contributed by atoms with Gasteiger partial charge in [-0.2, -0.15) is 0 Å². The van der Waals surface area contributed by atoms with Crippen molar-refractivity contribution in [3.8, 4) is 0 Å². The predicted octanol–water partition coefficient (Wildman–Crippen LogP) is 5.28. The van der Waals surface area contributed by atoms with Crippen LogP contribution in [0.25, 0.3) is 5.57 Å². The maximum Gasteiger partial charge on any atom is 0.282 e. The molecule has 6 nitrogen and oxygen atoms in total. The van der Waals surface area contributed by atoms with E-state index in [4.69, 9.17) is 0 Å². The molecule has 0 fully saturated rings. The van der Waals surface area contributed by atoms with Crippen molar-refractivity contribution >= 4 is 40.4 Å². The molecule has 3 aromatic rings. The van der Waals surface area contributed by atoms with E-state index in [2.05, 4.69) is 10.6 Å². The van der Waals surface area contributed by atoms with Crippen LogP contribution in [0.3, 0.4) is 0 Å². The largest absolute Gasteiger partial charge is 0.350 e. The Morgan fingerprint density at radius 2 is 1.53 bits per heavy atom. The smallest absolute Gasteiger partial charge is 0.282 e. The molecule has 3 aromatic carbocycles. The van der Waals surface area contributed by atoms with Crippen molar-refractivity contribution in [3.63, 3.8) is 0 Å². The van der Waals surface area contributed by atoms with Gasteiger partial charge in [0, 0.05) is 18.3 Å². The van der Waals surface area contributed by atoms with E-state index in [-0.39, 0.29) is 11.6 Å². The lowest BCUT2D eigenvalue weighted by atomic mass is 10.0. The van der Waals surface area contributed by atoms with Crippen LogP contribution in [-0.4, -0.2) is 17.7 Å². The summed E-state index contributed by atoms with van der Waals surface area (Å²) in [5, 5.41) is 5.98. The molecule has 0 bridgehead atoms. The minimum absolute atomic E-state index is 0.183. The molecule has 0 aliphatic carbocycles. The van der Waals surface area contributed by atoms with Crippen molar-refractivity contribution in [3.05, 3.63) is 94.2 Å². The van der Waals surface area contributed by atoms with Crippen molar-refractivity contribution < 1.29 is 14.4 Å². The summed E-state index contributed by atoms with van der Waals surface area (Å²) in [5.74, 6) is -0.975. The molecule has 0 aromatic heterocycles. The number of aryl methyl sites for hydroxylation is 3. The number of carbonyl (C=O) groups is 3. The molecule has 0 atom stereocenters. The van der Waals surface area contributed by atoms with E-state index in [0.717, 1.165) is 27.9 Å². The SMILES string of the molecule is CC(=O)Nc1ccc(C2=C(Nc3cc(C)ccc3C)C(=O)N(c3cccc(C)c3C)C2=O)cc1. The maximum atomic E-state index is 13.7. The molecule has 6 heteroatoms. The molecule has 0 saturated heterocycles. The minimum atomic E-state index is -0.402. The Morgan fingerprint density at radius 1 is 0.824 bits per heavy atom. The molecule has 4 rings (SSSR count). The van der Waals surface area contributed by atoms with E-state index in [1.165, 1.54) is 11.8 Å². The van der Waals surface area contributed by atoms with E-state index in [0.29, 0.717) is 22.5 Å². The molecule has 0 unspecified atom stereocenters. The number of carbonyl (C=O) groups excluding carboxylic acids is 3. The molecule has 1 aliphatic heterocycles. The third-order valence-corrected chi connectivity index (χ3v) is 6.05. The monoisotopic (exact) mass is 453 g/mol. The van der Waals surface area contributed by atoms with Crippen molar-refractivity contribution in [1.82, 2.24) is 0 Å². The van der Waals surface area contributed by atoms with Crippen LogP contribution in [0.15, 0.2) is 66.4 Å². The Labute approximate surface area is 199 Å². The van der Waals surface area contributed by atoms with Crippen molar-refractivity contribution in [2.75, 3.05) is 15.5 Å². The summed E-state index contributed by atoms with van der Waals surface area (Å²) in [4.78, 5) is 40.1. The predicted molar refractivity (Wildman–Crippen MR) is 136 cm³/mol. The third-order valence-electron chi connectivity index (χ3n) is 6.05. The molecule has 0 radical (unpaired) electrons. The summed E-state index contributed by atoms with van der Waals surface area (Å²) >= 11 is 0. The van der Waals surface area contributed by atoms with E-state index >= 15 is 0 Å². The number of nitrogens with zero attached hydrogens (tertiary/aromatic N) is 1. The molecule has 1 aliphatic rings. The number of imide groups is 1. The van der Waals surface area contributed by atoms with Crippen LogP contribution in [0, 0.1) is 27.7 Å². The second-order valence-electron chi connectivity index (χ2n) is 8.62. The first-order valence-electron chi connectivity index (χ1n) is 11.1. The van der Waals surface area contributed by atoms with Crippen LogP contribution < -0.4 is 15.5 Å². The van der Waals surface area contributed by atoms with Gasteiger partial charge in [-0.05, 0) is 79.8 Å². The van der Waals surface area contributed by atoms with Gasteiger partial charge in [0.2, 0.25) is 5.91 Å². The lowest BCUT2D eigenvalue weighted by Crippen LogP contribution is -2.33. The summed E-state index contributed by atoms with van der Waals surface area (Å²) in [7, 11) is 0. The zero-order chi connectivity index (χ0) is 24.6. The highest BCUT2D eigenvalue weighted by atomic mass is 16.2. The fourth-order valence-corrected chi connectivity index (χ4v) is 4.04. The summed E-state index contributed by atoms with van der Waals surface area (Å²) in [6, 6.07) is 18.4. The van der Waals surface area contributed by atoms with E-state index < -0.39 is 11.8 Å². The normalized spacial score (nSPS) is 13.5. The molecule has 3 amide bonds. The fraction of sp³-hybridized carbons (Fsp3) is 0.179. The number of amides is 3. The van der Waals surface area contributed by atoms with Crippen molar-refractivity contribution in [2.24, 2.45) is 0 Å². The van der Waals surface area contributed by atoms with Gasteiger partial charge in [0.15, 0.2) is 0 Å². The highest BCUT2D eigenvalue weighted by Gasteiger charge is 2.41. The van der Waals surface area contributed by atoms with Crippen LogP contribution in [-0.2, 0) is 14.4 Å². The highest BCUT2D eigenvalue weighted by Crippen LogP contribution is 2.36. The number of hydrogen-bond acceptors (Lipinski definition) is 4. The van der Waals surface area contributed by atoms with Crippen LogP contribution in [0.5, 0.6) is 0 Å². The molecule has 0 saturated carbocycles. The second-order valence-corrected chi connectivity index (χ2v) is 8.62. The van der Waals surface area contributed by atoms with E-state index in [9.17, 15) is 14.4 Å². The number of hydrogen-bond donors (Lipinski definition) is 2. The first kappa shape index (κ1) is 23.0. The number of rotatable bonds is 5. The lowest BCUT2D eigenvalue weighted by Gasteiger charge is -2.19. The van der Waals surface area contributed by atoms with Gasteiger partial charge in [-0.25, -0.2) is 4.90 Å². The first-order valence-corrected chi connectivity index (χ1v) is 11.1. The quantitative estimate of drug-likeness (QED) is 0.516. The van der Waals surface area contributed by atoms with Crippen molar-refractivity contribution in [2.45, 2.75) is 34.6 Å².